The fourth-order valence-electron chi connectivity index (χ4n) is 2.66. The lowest BCUT2D eigenvalue weighted by Crippen LogP contribution is -2.29. The smallest absolute Gasteiger partial charge is 0.335 e. The molecule has 0 radical (unpaired) electrons. The molecule has 1 aromatic rings. The molecule has 22 heavy (non-hydrogen) atoms. The van der Waals surface area contributed by atoms with Gasteiger partial charge in [0.1, 0.15) is 0 Å². The summed E-state index contributed by atoms with van der Waals surface area (Å²) in [6.07, 6.45) is 2.22. The maximum absolute atomic E-state index is 12.1. The first-order valence-electron chi connectivity index (χ1n) is 7.45. The molecule has 1 aliphatic carbocycles. The molecule has 0 atom stereocenters. The third kappa shape index (κ3) is 3.69. The molecule has 1 amide bonds. The van der Waals surface area contributed by atoms with Crippen molar-refractivity contribution in [3.05, 3.63) is 46.1 Å². The Labute approximate surface area is 135 Å². The van der Waals surface area contributed by atoms with Crippen molar-refractivity contribution in [3.8, 4) is 0 Å². The maximum atomic E-state index is 12.1. The Bertz CT molecular complexity index is 610. The molecule has 4 nitrogen and oxygen atoms in total. The number of halogens is 1. The molecule has 1 aliphatic rings. The van der Waals surface area contributed by atoms with Crippen LogP contribution in [0.4, 0.5) is 0 Å². The molecule has 0 spiro atoms. The van der Waals surface area contributed by atoms with Crippen molar-refractivity contribution in [1.82, 2.24) is 4.90 Å². The molecular weight excluding hydrogens is 302 g/mol. The van der Waals surface area contributed by atoms with Gasteiger partial charge in [-0.3, -0.25) is 4.79 Å². The third-order valence-electron chi connectivity index (χ3n) is 3.70. The van der Waals surface area contributed by atoms with Crippen LogP contribution in [0.2, 0.25) is 5.02 Å². The van der Waals surface area contributed by atoms with Gasteiger partial charge < -0.3 is 9.64 Å². The molecule has 0 fully saturated rings. The minimum absolute atomic E-state index is 0.0985. The van der Waals surface area contributed by atoms with E-state index in [1.54, 1.807) is 17.9 Å². The Balaban J connectivity index is 2.31. The van der Waals surface area contributed by atoms with Crippen LogP contribution in [-0.4, -0.2) is 23.4 Å². The summed E-state index contributed by atoms with van der Waals surface area (Å²) in [5, 5.41) is 0.616. The lowest BCUT2D eigenvalue weighted by Gasteiger charge is -2.24. The molecular formula is C17H20ClNO3. The van der Waals surface area contributed by atoms with Gasteiger partial charge >= 0.3 is 5.97 Å². The molecule has 0 heterocycles. The van der Waals surface area contributed by atoms with E-state index in [4.69, 9.17) is 16.3 Å². The van der Waals surface area contributed by atoms with Crippen LogP contribution in [0.1, 0.15) is 38.7 Å². The number of carbonyl (C=O) groups is 2. The average Bonchev–Trinajstić information content (AvgIpc) is 2.95. The number of ether oxygens (including phenoxy) is 1. The number of nitrogens with zero attached hydrogens (tertiary/aromatic N) is 1. The largest absolute Gasteiger partial charge is 0.463 e. The van der Waals surface area contributed by atoms with Crippen molar-refractivity contribution < 1.29 is 14.3 Å². The fourth-order valence-corrected chi connectivity index (χ4v) is 2.85. The molecule has 0 saturated heterocycles. The van der Waals surface area contributed by atoms with Crippen molar-refractivity contribution in [1.29, 1.82) is 0 Å². The van der Waals surface area contributed by atoms with Gasteiger partial charge in [0, 0.05) is 17.6 Å². The number of carbonyl (C=O) groups excluding carboxylic acids is 2. The van der Waals surface area contributed by atoms with E-state index in [1.807, 2.05) is 18.2 Å². The van der Waals surface area contributed by atoms with Gasteiger partial charge in [-0.05, 0) is 37.8 Å². The van der Waals surface area contributed by atoms with Gasteiger partial charge in [0.15, 0.2) is 0 Å². The summed E-state index contributed by atoms with van der Waals surface area (Å²) in [4.78, 5) is 25.8. The summed E-state index contributed by atoms with van der Waals surface area (Å²) >= 11 is 6.18. The Morgan fingerprint density at radius 1 is 1.27 bits per heavy atom. The Hall–Kier alpha value is -1.81. The van der Waals surface area contributed by atoms with Crippen LogP contribution in [0.15, 0.2) is 35.5 Å². The molecule has 2 rings (SSSR count). The van der Waals surface area contributed by atoms with Crippen LogP contribution in [0.3, 0.4) is 0 Å². The van der Waals surface area contributed by atoms with Crippen LogP contribution < -0.4 is 0 Å². The molecule has 0 aromatic heterocycles. The summed E-state index contributed by atoms with van der Waals surface area (Å²) in [5.41, 5.74) is 2.25. The van der Waals surface area contributed by atoms with Crippen molar-refractivity contribution in [2.75, 3.05) is 6.61 Å². The minimum atomic E-state index is -0.319. The van der Waals surface area contributed by atoms with E-state index < -0.39 is 0 Å². The number of hydrogen-bond acceptors (Lipinski definition) is 3. The van der Waals surface area contributed by atoms with Crippen molar-refractivity contribution in [2.45, 2.75) is 39.7 Å². The molecule has 5 heteroatoms. The normalized spacial score (nSPS) is 14.1. The summed E-state index contributed by atoms with van der Waals surface area (Å²) in [6.45, 7) is 3.98. The van der Waals surface area contributed by atoms with Gasteiger partial charge in [-0.1, -0.05) is 29.8 Å². The molecule has 0 saturated carbocycles. The minimum Gasteiger partial charge on any atom is -0.463 e. The fraction of sp³-hybridized carbons (Fsp3) is 0.412. The molecule has 0 aliphatic heterocycles. The van der Waals surface area contributed by atoms with Gasteiger partial charge in [0.25, 0.3) is 0 Å². The number of amides is 1. The second-order valence-electron chi connectivity index (χ2n) is 5.20. The monoisotopic (exact) mass is 321 g/mol. The molecule has 118 valence electrons. The number of allylic oxidation sites excluding steroid dienone is 1. The number of esters is 1. The van der Waals surface area contributed by atoms with Crippen LogP contribution in [0, 0.1) is 0 Å². The van der Waals surface area contributed by atoms with E-state index in [9.17, 15) is 9.59 Å². The number of hydrogen-bond donors (Lipinski definition) is 0. The van der Waals surface area contributed by atoms with Gasteiger partial charge in [-0.2, -0.15) is 0 Å². The third-order valence-corrected chi connectivity index (χ3v) is 4.07. The predicted molar refractivity (Wildman–Crippen MR) is 85.2 cm³/mol. The lowest BCUT2D eigenvalue weighted by molar-refractivity contribution is -0.138. The van der Waals surface area contributed by atoms with Crippen molar-refractivity contribution >= 4 is 23.5 Å². The first kappa shape index (κ1) is 16.6. The quantitative estimate of drug-likeness (QED) is 0.777. The van der Waals surface area contributed by atoms with E-state index in [1.165, 1.54) is 6.92 Å². The summed E-state index contributed by atoms with van der Waals surface area (Å²) in [6, 6.07) is 7.42. The highest BCUT2D eigenvalue weighted by atomic mass is 35.5. The van der Waals surface area contributed by atoms with E-state index in [0.29, 0.717) is 36.6 Å². The van der Waals surface area contributed by atoms with Crippen LogP contribution in [0.25, 0.3) is 0 Å². The van der Waals surface area contributed by atoms with E-state index in [0.717, 1.165) is 17.7 Å². The van der Waals surface area contributed by atoms with E-state index in [-0.39, 0.29) is 11.9 Å². The van der Waals surface area contributed by atoms with E-state index >= 15 is 0 Å². The van der Waals surface area contributed by atoms with Crippen LogP contribution >= 0.6 is 11.6 Å². The molecule has 1 aromatic carbocycles. The van der Waals surface area contributed by atoms with Gasteiger partial charge in [0.05, 0.1) is 18.7 Å². The van der Waals surface area contributed by atoms with Gasteiger partial charge in [-0.25, -0.2) is 4.79 Å². The lowest BCUT2D eigenvalue weighted by atomic mass is 10.1. The molecule has 0 bridgehead atoms. The Kier molecular flexibility index (Phi) is 5.61. The second-order valence-corrected chi connectivity index (χ2v) is 5.60. The van der Waals surface area contributed by atoms with Gasteiger partial charge in [-0.15, -0.1) is 0 Å². The molecule has 0 N–H and O–H groups in total. The Morgan fingerprint density at radius 3 is 2.64 bits per heavy atom. The molecule has 0 unspecified atom stereocenters. The summed E-state index contributed by atoms with van der Waals surface area (Å²) in [7, 11) is 0. The second kappa shape index (κ2) is 7.45. The van der Waals surface area contributed by atoms with E-state index in [2.05, 4.69) is 0 Å². The zero-order valence-corrected chi connectivity index (χ0v) is 13.7. The van der Waals surface area contributed by atoms with Crippen LogP contribution in [-0.2, 0) is 20.9 Å². The van der Waals surface area contributed by atoms with Crippen molar-refractivity contribution in [2.24, 2.45) is 0 Å². The zero-order valence-electron chi connectivity index (χ0n) is 12.9. The summed E-state index contributed by atoms with van der Waals surface area (Å²) in [5.74, 6) is -0.418. The number of rotatable bonds is 5. The standard InChI is InChI=1S/C17H20ClNO3/c1-3-22-17(21)14-8-6-10-16(14)19(12(2)20)11-13-7-4-5-9-15(13)18/h4-5,7,9H,3,6,8,10-11H2,1-2H3. The topological polar surface area (TPSA) is 46.6 Å². The number of benzene rings is 1. The first-order valence-corrected chi connectivity index (χ1v) is 7.83. The van der Waals surface area contributed by atoms with Crippen LogP contribution in [0.5, 0.6) is 0 Å². The SMILES string of the molecule is CCOC(=O)C1=C(N(Cc2ccccc2Cl)C(C)=O)CCC1. The summed E-state index contributed by atoms with van der Waals surface area (Å²) < 4.78 is 5.10. The highest BCUT2D eigenvalue weighted by molar-refractivity contribution is 6.31. The van der Waals surface area contributed by atoms with Crippen molar-refractivity contribution in [3.63, 3.8) is 0 Å². The zero-order chi connectivity index (χ0) is 16.1. The highest BCUT2D eigenvalue weighted by Gasteiger charge is 2.28. The average molecular weight is 322 g/mol. The predicted octanol–water partition coefficient (Wildman–Crippen LogP) is 3.69. The maximum Gasteiger partial charge on any atom is 0.335 e. The Morgan fingerprint density at radius 2 is 2.00 bits per heavy atom. The van der Waals surface area contributed by atoms with Gasteiger partial charge in [0.2, 0.25) is 5.91 Å². The highest BCUT2D eigenvalue weighted by Crippen LogP contribution is 2.31. The first-order chi connectivity index (χ1) is 10.5.